The molecule has 1 saturated heterocycles. The number of ether oxygens (including phenoxy) is 1. The summed E-state index contributed by atoms with van der Waals surface area (Å²) in [6.45, 7) is -0.369. The van der Waals surface area contributed by atoms with Crippen LogP contribution in [0, 0.1) is 0 Å². The Morgan fingerprint density at radius 2 is 1.92 bits per heavy atom. The van der Waals surface area contributed by atoms with Crippen LogP contribution in [-0.2, 0) is 24.2 Å². The Morgan fingerprint density at radius 1 is 1.15 bits per heavy atom. The van der Waals surface area contributed by atoms with Crippen molar-refractivity contribution in [1.82, 2.24) is 0 Å². The van der Waals surface area contributed by atoms with Gasteiger partial charge in [0.15, 0.2) is 16.4 Å². The van der Waals surface area contributed by atoms with E-state index in [1.807, 2.05) is 36.4 Å². The predicted molar refractivity (Wildman–Crippen MR) is 103 cm³/mol. The van der Waals surface area contributed by atoms with E-state index >= 15 is 0 Å². The average Bonchev–Trinajstić information content (AvgIpc) is 2.97. The first-order valence-corrected chi connectivity index (χ1v) is 11.1. The molecule has 0 radical (unpaired) electrons. The maximum absolute atomic E-state index is 12.0. The van der Waals surface area contributed by atoms with Crippen molar-refractivity contribution in [2.75, 3.05) is 29.2 Å². The average molecular weight is 393 g/mol. The van der Waals surface area contributed by atoms with Crippen molar-refractivity contribution in [3.05, 3.63) is 42.5 Å². The van der Waals surface area contributed by atoms with Gasteiger partial charge in [-0.2, -0.15) is 0 Å². The van der Waals surface area contributed by atoms with E-state index in [9.17, 15) is 18.0 Å². The monoisotopic (exact) mass is 393 g/mol. The summed E-state index contributed by atoms with van der Waals surface area (Å²) in [4.78, 5) is 23.8. The Kier molecular flexibility index (Phi) is 5.83. The van der Waals surface area contributed by atoms with Gasteiger partial charge in [-0.1, -0.05) is 36.4 Å². The number of carbonyl (C=O) groups excluding carboxylic acids is 2. The first kappa shape index (κ1) is 18.7. The van der Waals surface area contributed by atoms with Crippen molar-refractivity contribution >= 4 is 49.9 Å². The Morgan fingerprint density at radius 3 is 2.69 bits per heavy atom. The summed E-state index contributed by atoms with van der Waals surface area (Å²) < 4.78 is 27.7. The number of rotatable bonds is 6. The van der Waals surface area contributed by atoms with Gasteiger partial charge >= 0.3 is 5.97 Å². The third-order valence-electron chi connectivity index (χ3n) is 4.06. The van der Waals surface area contributed by atoms with Crippen LogP contribution < -0.4 is 5.32 Å². The maximum Gasteiger partial charge on any atom is 0.316 e. The summed E-state index contributed by atoms with van der Waals surface area (Å²) in [5.41, 5.74) is 0.662. The molecule has 0 spiro atoms. The van der Waals surface area contributed by atoms with E-state index < -0.39 is 21.7 Å². The molecule has 138 valence electrons. The second kappa shape index (κ2) is 8.09. The number of hydrogen-bond acceptors (Lipinski definition) is 6. The van der Waals surface area contributed by atoms with Crippen LogP contribution in [0.2, 0.25) is 0 Å². The number of hydrogen-bond donors (Lipinski definition) is 1. The molecule has 1 aliphatic heterocycles. The molecule has 6 nitrogen and oxygen atoms in total. The Hall–Kier alpha value is -2.06. The number of esters is 1. The van der Waals surface area contributed by atoms with Gasteiger partial charge in [0.1, 0.15) is 0 Å². The van der Waals surface area contributed by atoms with E-state index in [2.05, 4.69) is 5.32 Å². The predicted octanol–water partition coefficient (Wildman–Crippen LogP) is 2.24. The van der Waals surface area contributed by atoms with Crippen LogP contribution >= 0.6 is 11.8 Å². The van der Waals surface area contributed by atoms with E-state index in [1.165, 1.54) is 11.8 Å². The summed E-state index contributed by atoms with van der Waals surface area (Å²) in [6.07, 6.45) is 0.557. The van der Waals surface area contributed by atoms with Crippen molar-refractivity contribution in [2.45, 2.75) is 11.7 Å². The van der Waals surface area contributed by atoms with E-state index in [0.29, 0.717) is 12.1 Å². The summed E-state index contributed by atoms with van der Waals surface area (Å²) in [6, 6.07) is 13.2. The zero-order valence-electron chi connectivity index (χ0n) is 14.0. The summed E-state index contributed by atoms with van der Waals surface area (Å²) in [7, 11) is -2.96. The van der Waals surface area contributed by atoms with E-state index in [4.69, 9.17) is 4.74 Å². The third kappa shape index (κ3) is 4.98. The molecule has 2 aromatic rings. The molecular formula is C18H19NO5S2. The van der Waals surface area contributed by atoms with Gasteiger partial charge in [-0.05, 0) is 17.9 Å². The zero-order valence-corrected chi connectivity index (χ0v) is 15.6. The lowest BCUT2D eigenvalue weighted by Crippen LogP contribution is -2.22. The Labute approximate surface area is 156 Å². The second-order valence-electron chi connectivity index (χ2n) is 6.07. The summed E-state index contributed by atoms with van der Waals surface area (Å²) >= 11 is 1.27. The largest absolute Gasteiger partial charge is 0.455 e. The number of sulfone groups is 1. The minimum atomic E-state index is -2.96. The second-order valence-corrected chi connectivity index (χ2v) is 9.59. The highest BCUT2D eigenvalue weighted by molar-refractivity contribution is 8.02. The molecule has 8 heteroatoms. The highest BCUT2D eigenvalue weighted by Crippen LogP contribution is 2.24. The van der Waals surface area contributed by atoms with Gasteiger partial charge in [0, 0.05) is 16.3 Å². The Balaban J connectivity index is 1.46. The quantitative estimate of drug-likeness (QED) is 0.757. The molecule has 0 saturated carbocycles. The normalized spacial score (nSPS) is 18.5. The van der Waals surface area contributed by atoms with Crippen LogP contribution in [0.15, 0.2) is 42.5 Å². The molecule has 1 N–H and O–H groups in total. The fourth-order valence-electron chi connectivity index (χ4n) is 2.79. The fourth-order valence-corrected chi connectivity index (χ4v) is 6.23. The van der Waals surface area contributed by atoms with E-state index in [1.54, 1.807) is 6.07 Å². The lowest BCUT2D eigenvalue weighted by Gasteiger charge is -2.10. The third-order valence-corrected chi connectivity index (χ3v) is 7.31. The zero-order chi connectivity index (χ0) is 18.6. The number of fused-ring (bicyclic) bond motifs is 1. The van der Waals surface area contributed by atoms with Gasteiger partial charge in [0.2, 0.25) is 0 Å². The van der Waals surface area contributed by atoms with Gasteiger partial charge in [0.25, 0.3) is 5.91 Å². The first-order chi connectivity index (χ1) is 12.4. The minimum absolute atomic E-state index is 0.0434. The lowest BCUT2D eigenvalue weighted by molar-refractivity contribution is -0.144. The van der Waals surface area contributed by atoms with Crippen LogP contribution in [0.3, 0.4) is 0 Å². The smallest absolute Gasteiger partial charge is 0.316 e. The van der Waals surface area contributed by atoms with Gasteiger partial charge in [-0.3, -0.25) is 9.59 Å². The van der Waals surface area contributed by atoms with Crippen molar-refractivity contribution in [3.8, 4) is 0 Å². The summed E-state index contributed by atoms with van der Waals surface area (Å²) in [5, 5.41) is 4.59. The molecule has 1 amide bonds. The van der Waals surface area contributed by atoms with Crippen molar-refractivity contribution in [1.29, 1.82) is 0 Å². The molecule has 0 aliphatic carbocycles. The number of amides is 1. The van der Waals surface area contributed by atoms with E-state index in [0.717, 1.165) is 10.8 Å². The molecular weight excluding hydrogens is 374 g/mol. The molecule has 1 atom stereocenters. The van der Waals surface area contributed by atoms with Crippen molar-refractivity contribution in [2.24, 2.45) is 0 Å². The van der Waals surface area contributed by atoms with Gasteiger partial charge in [0.05, 0.1) is 17.3 Å². The molecule has 1 aliphatic rings. The van der Waals surface area contributed by atoms with Crippen molar-refractivity contribution < 1.29 is 22.7 Å². The molecule has 0 bridgehead atoms. The highest BCUT2D eigenvalue weighted by atomic mass is 32.2. The maximum atomic E-state index is 12.0. The number of carbonyl (C=O) groups is 2. The molecule has 26 heavy (non-hydrogen) atoms. The fraction of sp³-hybridized carbons (Fsp3) is 0.333. The van der Waals surface area contributed by atoms with Crippen LogP contribution in [0.4, 0.5) is 5.69 Å². The number of thioether (sulfide) groups is 1. The van der Waals surface area contributed by atoms with E-state index in [-0.39, 0.29) is 29.1 Å². The van der Waals surface area contributed by atoms with Crippen LogP contribution in [0.25, 0.3) is 10.8 Å². The standard InChI is InChI=1S/C18H19NO5S2/c20-17(19-16-7-3-5-13-4-1-2-6-15(13)16)10-24-18(21)11-25-14-8-9-26(22,23)12-14/h1-7,14H,8-12H2,(H,19,20)/t14-/m0/s1. The Bertz CT molecular complexity index is 921. The SMILES string of the molecule is O=C(COC(=O)CS[C@H]1CCS(=O)(=O)C1)Nc1cccc2ccccc12. The van der Waals surface area contributed by atoms with Crippen LogP contribution in [0.1, 0.15) is 6.42 Å². The topological polar surface area (TPSA) is 89.5 Å². The molecule has 2 aromatic carbocycles. The number of benzene rings is 2. The van der Waals surface area contributed by atoms with Gasteiger partial charge in [-0.25, -0.2) is 8.42 Å². The van der Waals surface area contributed by atoms with Gasteiger partial charge in [-0.15, -0.1) is 11.8 Å². The van der Waals surface area contributed by atoms with Gasteiger partial charge < -0.3 is 10.1 Å². The number of nitrogens with one attached hydrogen (secondary N) is 1. The molecule has 3 rings (SSSR count). The minimum Gasteiger partial charge on any atom is -0.455 e. The first-order valence-electron chi connectivity index (χ1n) is 8.18. The van der Waals surface area contributed by atoms with Crippen LogP contribution in [-0.4, -0.2) is 49.4 Å². The lowest BCUT2D eigenvalue weighted by atomic mass is 10.1. The van der Waals surface area contributed by atoms with Crippen LogP contribution in [0.5, 0.6) is 0 Å². The molecule has 1 heterocycles. The van der Waals surface area contributed by atoms with Crippen molar-refractivity contribution in [3.63, 3.8) is 0 Å². The molecule has 0 aromatic heterocycles. The molecule has 1 fully saturated rings. The summed E-state index contributed by atoms with van der Waals surface area (Å²) in [5.74, 6) is -0.614. The molecule has 0 unspecified atom stereocenters. The highest BCUT2D eigenvalue weighted by Gasteiger charge is 2.28. The number of anilines is 1.